The summed E-state index contributed by atoms with van der Waals surface area (Å²) in [5.74, 6) is 0.865. The number of hydrogen-bond donors (Lipinski definition) is 1. The number of halogens is 1. The molecule has 1 aromatic heterocycles. The first kappa shape index (κ1) is 13.5. The van der Waals surface area contributed by atoms with E-state index in [2.05, 4.69) is 36.3 Å². The van der Waals surface area contributed by atoms with Crippen LogP contribution in [0.2, 0.25) is 0 Å². The molecule has 0 atom stereocenters. The highest BCUT2D eigenvalue weighted by molar-refractivity contribution is 5.85. The van der Waals surface area contributed by atoms with Gasteiger partial charge in [-0.2, -0.15) is 0 Å². The van der Waals surface area contributed by atoms with Gasteiger partial charge in [-0.1, -0.05) is 49.4 Å². The van der Waals surface area contributed by atoms with E-state index in [1.165, 1.54) is 5.56 Å². The van der Waals surface area contributed by atoms with Gasteiger partial charge in [0.25, 0.3) is 0 Å². The first-order valence-electron chi connectivity index (χ1n) is 5.41. The number of benzene rings is 1. The third-order valence-corrected chi connectivity index (χ3v) is 2.52. The maximum Gasteiger partial charge on any atom is 0.169 e. The van der Waals surface area contributed by atoms with Crippen LogP contribution in [0.4, 0.5) is 5.82 Å². The molecule has 1 aromatic carbocycles. The van der Waals surface area contributed by atoms with Crippen molar-refractivity contribution in [2.75, 3.05) is 5.73 Å². The van der Waals surface area contributed by atoms with Crippen LogP contribution in [0.15, 0.2) is 30.3 Å². The van der Waals surface area contributed by atoms with E-state index in [0.717, 1.165) is 12.2 Å². The molecule has 2 N–H and O–H groups in total. The Bertz CT molecular complexity index is 465. The fraction of sp³-hybridized carbons (Fsp3) is 0.333. The van der Waals surface area contributed by atoms with Gasteiger partial charge in [0, 0.05) is 0 Å². The maximum absolute atomic E-state index is 5.80. The summed E-state index contributed by atoms with van der Waals surface area (Å²) in [6, 6.07) is 10.2. The highest BCUT2D eigenvalue weighted by Gasteiger charge is 2.13. The lowest BCUT2D eigenvalue weighted by molar-refractivity contribution is 0.598. The highest BCUT2D eigenvalue weighted by atomic mass is 35.5. The van der Waals surface area contributed by atoms with Crippen molar-refractivity contribution in [2.24, 2.45) is 0 Å². The van der Waals surface area contributed by atoms with E-state index in [4.69, 9.17) is 5.73 Å². The largest absolute Gasteiger partial charge is 0.381 e. The fourth-order valence-electron chi connectivity index (χ4n) is 1.80. The quantitative estimate of drug-likeness (QED) is 0.913. The van der Waals surface area contributed by atoms with Gasteiger partial charge < -0.3 is 5.73 Å². The van der Waals surface area contributed by atoms with Crippen LogP contribution in [0.5, 0.6) is 0 Å². The van der Waals surface area contributed by atoms with E-state index in [-0.39, 0.29) is 12.4 Å². The van der Waals surface area contributed by atoms with Gasteiger partial charge in [-0.15, -0.1) is 17.5 Å². The Hall–Kier alpha value is -1.55. The van der Waals surface area contributed by atoms with Crippen molar-refractivity contribution in [1.29, 1.82) is 0 Å². The zero-order valence-corrected chi connectivity index (χ0v) is 10.8. The van der Waals surface area contributed by atoms with Crippen LogP contribution in [0.25, 0.3) is 0 Å². The molecule has 0 unspecified atom stereocenters. The van der Waals surface area contributed by atoms with Crippen LogP contribution in [-0.2, 0) is 6.54 Å². The second kappa shape index (κ2) is 5.68. The van der Waals surface area contributed by atoms with Crippen molar-refractivity contribution in [3.8, 4) is 0 Å². The minimum atomic E-state index is 0. The molecule has 17 heavy (non-hydrogen) atoms. The van der Waals surface area contributed by atoms with Crippen molar-refractivity contribution in [3.63, 3.8) is 0 Å². The zero-order valence-electron chi connectivity index (χ0n) is 10.00. The van der Waals surface area contributed by atoms with Gasteiger partial charge in [0.2, 0.25) is 0 Å². The lowest BCUT2D eigenvalue weighted by Crippen LogP contribution is -2.08. The van der Waals surface area contributed by atoms with Crippen LogP contribution >= 0.6 is 12.4 Å². The predicted octanol–water partition coefficient (Wildman–Crippen LogP) is 2.45. The van der Waals surface area contributed by atoms with E-state index in [1.54, 1.807) is 0 Å². The summed E-state index contributed by atoms with van der Waals surface area (Å²) < 4.78 is 1.87. The van der Waals surface area contributed by atoms with Gasteiger partial charge in [-0.3, -0.25) is 0 Å². The molecule has 5 heteroatoms. The van der Waals surface area contributed by atoms with Crippen molar-refractivity contribution in [2.45, 2.75) is 26.3 Å². The summed E-state index contributed by atoms with van der Waals surface area (Å²) in [5.41, 5.74) is 8.01. The molecule has 0 aliphatic carbocycles. The molecule has 4 nitrogen and oxygen atoms in total. The molecule has 2 rings (SSSR count). The van der Waals surface area contributed by atoms with Crippen molar-refractivity contribution < 1.29 is 0 Å². The second-order valence-electron chi connectivity index (χ2n) is 4.16. The number of nitrogens with two attached hydrogens (primary N) is 1. The van der Waals surface area contributed by atoms with E-state index in [0.29, 0.717) is 11.7 Å². The smallest absolute Gasteiger partial charge is 0.169 e. The first-order chi connectivity index (χ1) is 7.68. The Labute approximate surface area is 107 Å². The first-order valence-corrected chi connectivity index (χ1v) is 5.41. The average molecular weight is 253 g/mol. The normalized spacial score (nSPS) is 10.3. The van der Waals surface area contributed by atoms with E-state index >= 15 is 0 Å². The van der Waals surface area contributed by atoms with E-state index in [1.807, 2.05) is 22.9 Å². The van der Waals surface area contributed by atoms with Gasteiger partial charge in [-0.05, 0) is 11.5 Å². The van der Waals surface area contributed by atoms with Crippen LogP contribution in [0.1, 0.15) is 31.0 Å². The third kappa shape index (κ3) is 2.97. The zero-order chi connectivity index (χ0) is 11.5. The molecule has 0 saturated carbocycles. The minimum absolute atomic E-state index is 0. The summed E-state index contributed by atoms with van der Waals surface area (Å²) in [6.45, 7) is 4.91. The molecule has 0 fully saturated rings. The van der Waals surface area contributed by atoms with Crippen LogP contribution < -0.4 is 5.73 Å². The van der Waals surface area contributed by atoms with Crippen LogP contribution in [0, 0.1) is 0 Å². The van der Waals surface area contributed by atoms with Crippen molar-refractivity contribution >= 4 is 18.2 Å². The topological polar surface area (TPSA) is 56.7 Å². The number of nitrogens with zero attached hydrogens (tertiary/aromatic N) is 3. The molecular formula is C12H17ClN4. The Balaban J connectivity index is 0.00000144. The fourth-order valence-corrected chi connectivity index (χ4v) is 1.80. The Morgan fingerprint density at radius 2 is 1.88 bits per heavy atom. The predicted molar refractivity (Wildman–Crippen MR) is 71.3 cm³/mol. The van der Waals surface area contributed by atoms with Crippen LogP contribution in [-0.4, -0.2) is 15.0 Å². The molecule has 0 amide bonds. The summed E-state index contributed by atoms with van der Waals surface area (Å²) in [4.78, 5) is 0. The van der Waals surface area contributed by atoms with Gasteiger partial charge in [-0.25, -0.2) is 4.68 Å². The van der Waals surface area contributed by atoms with Crippen molar-refractivity contribution in [1.82, 2.24) is 15.0 Å². The van der Waals surface area contributed by atoms with E-state index in [9.17, 15) is 0 Å². The van der Waals surface area contributed by atoms with Gasteiger partial charge in [0.05, 0.1) is 12.2 Å². The van der Waals surface area contributed by atoms with E-state index < -0.39 is 0 Å². The monoisotopic (exact) mass is 252 g/mol. The number of hydrogen-bond acceptors (Lipinski definition) is 3. The minimum Gasteiger partial charge on any atom is -0.381 e. The third-order valence-electron chi connectivity index (χ3n) is 2.52. The Morgan fingerprint density at radius 1 is 1.24 bits per heavy atom. The Kier molecular flexibility index (Phi) is 4.52. The SMILES string of the molecule is CC(C)c1c(N)nnn1Cc1ccccc1.Cl. The summed E-state index contributed by atoms with van der Waals surface area (Å²) >= 11 is 0. The van der Waals surface area contributed by atoms with Gasteiger partial charge in [0.1, 0.15) is 0 Å². The molecule has 0 saturated heterocycles. The molecule has 0 aliphatic heterocycles. The molecule has 0 radical (unpaired) electrons. The molecule has 1 heterocycles. The molecule has 0 bridgehead atoms. The molecule has 2 aromatic rings. The number of anilines is 1. The second-order valence-corrected chi connectivity index (χ2v) is 4.16. The lowest BCUT2D eigenvalue weighted by Gasteiger charge is -2.09. The number of aromatic nitrogens is 3. The summed E-state index contributed by atoms with van der Waals surface area (Å²) in [5, 5.41) is 8.00. The number of rotatable bonds is 3. The molecular weight excluding hydrogens is 236 g/mol. The lowest BCUT2D eigenvalue weighted by atomic mass is 10.1. The van der Waals surface area contributed by atoms with Gasteiger partial charge >= 0.3 is 0 Å². The Morgan fingerprint density at radius 3 is 2.47 bits per heavy atom. The van der Waals surface area contributed by atoms with Crippen LogP contribution in [0.3, 0.4) is 0 Å². The average Bonchev–Trinajstić information content (AvgIpc) is 2.61. The van der Waals surface area contributed by atoms with Gasteiger partial charge in [0.15, 0.2) is 5.82 Å². The summed E-state index contributed by atoms with van der Waals surface area (Å²) in [6.07, 6.45) is 0. The standard InChI is InChI=1S/C12H16N4.ClH/c1-9(2)11-12(13)14-15-16(11)8-10-6-4-3-5-7-10;/h3-7,9H,8,13H2,1-2H3;1H. The maximum atomic E-state index is 5.80. The molecule has 0 spiro atoms. The summed E-state index contributed by atoms with van der Waals surface area (Å²) in [7, 11) is 0. The molecule has 0 aliphatic rings. The number of nitrogen functional groups attached to an aromatic ring is 1. The highest BCUT2D eigenvalue weighted by Crippen LogP contribution is 2.19. The molecule has 92 valence electrons. The van der Waals surface area contributed by atoms with Crippen molar-refractivity contribution in [3.05, 3.63) is 41.6 Å².